The van der Waals surface area contributed by atoms with Crippen molar-refractivity contribution < 1.29 is 9.84 Å². The Labute approximate surface area is 83.7 Å². The molecule has 3 nitrogen and oxygen atoms in total. The van der Waals surface area contributed by atoms with Crippen LogP contribution in [-0.2, 0) is 11.2 Å². The minimum Gasteiger partial charge on any atom is -0.508 e. The fraction of sp³-hybridized carbons (Fsp3) is 0.455. The number of hydrogen-bond acceptors (Lipinski definition) is 3. The zero-order chi connectivity index (χ0) is 9.97. The van der Waals surface area contributed by atoms with E-state index in [1.165, 1.54) is 5.56 Å². The fourth-order valence-electron chi connectivity index (χ4n) is 1.54. The quantitative estimate of drug-likeness (QED) is 0.707. The van der Waals surface area contributed by atoms with Crippen molar-refractivity contribution in [1.82, 2.24) is 5.32 Å². The van der Waals surface area contributed by atoms with Gasteiger partial charge < -0.3 is 15.2 Å². The SMILES string of the molecule is COCCc1ccc(O)c([C@H]2CN2)c1. The molecule has 1 aliphatic heterocycles. The molecule has 1 aromatic rings. The van der Waals surface area contributed by atoms with E-state index in [1.807, 2.05) is 6.07 Å². The molecule has 1 fully saturated rings. The van der Waals surface area contributed by atoms with Crippen LogP contribution in [0.25, 0.3) is 0 Å². The topological polar surface area (TPSA) is 51.4 Å². The van der Waals surface area contributed by atoms with Crippen LogP contribution in [0, 0.1) is 0 Å². The van der Waals surface area contributed by atoms with E-state index >= 15 is 0 Å². The van der Waals surface area contributed by atoms with Gasteiger partial charge in [-0.15, -0.1) is 0 Å². The number of methoxy groups -OCH3 is 1. The zero-order valence-electron chi connectivity index (χ0n) is 8.29. The molecule has 1 heterocycles. The van der Waals surface area contributed by atoms with Gasteiger partial charge in [-0.05, 0) is 18.1 Å². The van der Waals surface area contributed by atoms with E-state index in [2.05, 4.69) is 11.4 Å². The molecular formula is C11H15NO2. The second-order valence-electron chi connectivity index (χ2n) is 3.60. The first-order valence-corrected chi connectivity index (χ1v) is 4.85. The molecule has 1 saturated heterocycles. The summed E-state index contributed by atoms with van der Waals surface area (Å²) in [6.07, 6.45) is 0.899. The van der Waals surface area contributed by atoms with Gasteiger partial charge in [-0.25, -0.2) is 0 Å². The van der Waals surface area contributed by atoms with E-state index in [1.54, 1.807) is 13.2 Å². The maximum absolute atomic E-state index is 9.60. The average Bonchev–Trinajstić information content (AvgIpc) is 3.00. The summed E-state index contributed by atoms with van der Waals surface area (Å²) in [7, 11) is 1.70. The summed E-state index contributed by atoms with van der Waals surface area (Å²) in [5.41, 5.74) is 2.23. The Morgan fingerprint density at radius 3 is 3.00 bits per heavy atom. The standard InChI is InChI=1S/C11H15NO2/c1-14-5-4-8-2-3-11(13)9(6-8)10-7-12-10/h2-3,6,10,12-13H,4-5,7H2,1H3/t10-/m1/s1. The lowest BCUT2D eigenvalue weighted by atomic mass is 10.1. The number of hydrogen-bond donors (Lipinski definition) is 2. The van der Waals surface area contributed by atoms with E-state index in [0.29, 0.717) is 11.8 Å². The molecule has 14 heavy (non-hydrogen) atoms. The lowest BCUT2D eigenvalue weighted by molar-refractivity contribution is 0.202. The van der Waals surface area contributed by atoms with Crippen molar-refractivity contribution in [3.05, 3.63) is 29.3 Å². The maximum Gasteiger partial charge on any atom is 0.120 e. The lowest BCUT2D eigenvalue weighted by Crippen LogP contribution is -1.96. The number of phenols is 1. The van der Waals surface area contributed by atoms with Crippen LogP contribution in [0.4, 0.5) is 0 Å². The molecule has 3 heteroatoms. The summed E-state index contributed by atoms with van der Waals surface area (Å²) in [5.74, 6) is 0.390. The molecule has 1 aliphatic rings. The first-order chi connectivity index (χ1) is 6.81. The van der Waals surface area contributed by atoms with Gasteiger partial charge in [0, 0.05) is 25.3 Å². The summed E-state index contributed by atoms with van der Waals surface area (Å²) in [6.45, 7) is 1.70. The highest BCUT2D eigenvalue weighted by Gasteiger charge is 2.25. The molecule has 0 aliphatic carbocycles. The third kappa shape index (κ3) is 2.05. The number of phenolic OH excluding ortho intramolecular Hbond substituents is 1. The molecule has 0 spiro atoms. The molecule has 2 rings (SSSR count). The van der Waals surface area contributed by atoms with Crippen LogP contribution in [0.3, 0.4) is 0 Å². The van der Waals surface area contributed by atoms with E-state index in [0.717, 1.165) is 25.1 Å². The highest BCUT2D eigenvalue weighted by atomic mass is 16.5. The van der Waals surface area contributed by atoms with Crippen molar-refractivity contribution in [2.45, 2.75) is 12.5 Å². The van der Waals surface area contributed by atoms with Crippen molar-refractivity contribution in [3.8, 4) is 5.75 Å². The lowest BCUT2D eigenvalue weighted by Gasteiger charge is -2.05. The van der Waals surface area contributed by atoms with E-state index in [-0.39, 0.29) is 0 Å². The van der Waals surface area contributed by atoms with E-state index < -0.39 is 0 Å². The monoisotopic (exact) mass is 193 g/mol. The average molecular weight is 193 g/mol. The molecular weight excluding hydrogens is 178 g/mol. The molecule has 0 radical (unpaired) electrons. The third-order valence-corrected chi connectivity index (χ3v) is 2.47. The first kappa shape index (κ1) is 9.49. The summed E-state index contributed by atoms with van der Waals surface area (Å²) in [4.78, 5) is 0. The van der Waals surface area contributed by atoms with Crippen LogP contribution >= 0.6 is 0 Å². The zero-order valence-corrected chi connectivity index (χ0v) is 8.29. The van der Waals surface area contributed by atoms with Gasteiger partial charge in [0.25, 0.3) is 0 Å². The highest BCUT2D eigenvalue weighted by Crippen LogP contribution is 2.30. The van der Waals surface area contributed by atoms with Gasteiger partial charge >= 0.3 is 0 Å². The van der Waals surface area contributed by atoms with Crippen LogP contribution in [0.5, 0.6) is 5.75 Å². The van der Waals surface area contributed by atoms with Crippen molar-refractivity contribution in [3.63, 3.8) is 0 Å². The first-order valence-electron chi connectivity index (χ1n) is 4.85. The molecule has 1 aromatic carbocycles. The van der Waals surface area contributed by atoms with Crippen LogP contribution in [-0.4, -0.2) is 25.4 Å². The Bertz CT molecular complexity index is 321. The van der Waals surface area contributed by atoms with Gasteiger partial charge in [0.1, 0.15) is 5.75 Å². The number of rotatable bonds is 4. The molecule has 1 atom stereocenters. The number of ether oxygens (including phenoxy) is 1. The molecule has 0 bridgehead atoms. The highest BCUT2D eigenvalue weighted by molar-refractivity contribution is 5.40. The normalized spacial score (nSPS) is 19.6. The van der Waals surface area contributed by atoms with Crippen molar-refractivity contribution in [1.29, 1.82) is 0 Å². The number of aromatic hydroxyl groups is 1. The predicted octanol–water partition coefficient (Wildman–Crippen LogP) is 1.23. The van der Waals surface area contributed by atoms with Crippen LogP contribution < -0.4 is 5.32 Å². The van der Waals surface area contributed by atoms with Crippen molar-refractivity contribution in [2.75, 3.05) is 20.3 Å². The summed E-state index contributed by atoms with van der Waals surface area (Å²) < 4.78 is 5.01. The second-order valence-corrected chi connectivity index (χ2v) is 3.60. The summed E-state index contributed by atoms with van der Waals surface area (Å²) in [5, 5.41) is 12.8. The van der Waals surface area contributed by atoms with Crippen molar-refractivity contribution in [2.24, 2.45) is 0 Å². The van der Waals surface area contributed by atoms with E-state index in [4.69, 9.17) is 4.74 Å². The predicted molar refractivity (Wildman–Crippen MR) is 54.4 cm³/mol. The van der Waals surface area contributed by atoms with Gasteiger partial charge in [-0.2, -0.15) is 0 Å². The smallest absolute Gasteiger partial charge is 0.120 e. The molecule has 0 aromatic heterocycles. The van der Waals surface area contributed by atoms with Crippen LogP contribution in [0.15, 0.2) is 18.2 Å². The van der Waals surface area contributed by atoms with Gasteiger partial charge in [0.05, 0.1) is 6.61 Å². The third-order valence-electron chi connectivity index (χ3n) is 2.47. The minimum atomic E-state index is 0.359. The van der Waals surface area contributed by atoms with Gasteiger partial charge in [-0.3, -0.25) is 0 Å². The molecule has 2 N–H and O–H groups in total. The molecule has 76 valence electrons. The number of nitrogens with one attached hydrogen (secondary N) is 1. The molecule has 0 unspecified atom stereocenters. The molecule has 0 saturated carbocycles. The Kier molecular flexibility index (Phi) is 2.70. The largest absolute Gasteiger partial charge is 0.508 e. The molecule has 0 amide bonds. The van der Waals surface area contributed by atoms with Crippen LogP contribution in [0.1, 0.15) is 17.2 Å². The Morgan fingerprint density at radius 1 is 1.57 bits per heavy atom. The number of benzene rings is 1. The summed E-state index contributed by atoms with van der Waals surface area (Å²) >= 11 is 0. The van der Waals surface area contributed by atoms with Gasteiger partial charge in [0.2, 0.25) is 0 Å². The maximum atomic E-state index is 9.60. The van der Waals surface area contributed by atoms with Crippen molar-refractivity contribution >= 4 is 0 Å². The second kappa shape index (κ2) is 3.98. The Hall–Kier alpha value is -1.06. The van der Waals surface area contributed by atoms with Gasteiger partial charge in [0.15, 0.2) is 0 Å². The minimum absolute atomic E-state index is 0.359. The Morgan fingerprint density at radius 2 is 2.36 bits per heavy atom. The Balaban J connectivity index is 2.13. The fourth-order valence-corrected chi connectivity index (χ4v) is 1.54. The van der Waals surface area contributed by atoms with E-state index in [9.17, 15) is 5.11 Å². The summed E-state index contributed by atoms with van der Waals surface area (Å²) in [6, 6.07) is 6.12. The van der Waals surface area contributed by atoms with Crippen LogP contribution in [0.2, 0.25) is 0 Å². The van der Waals surface area contributed by atoms with Gasteiger partial charge in [-0.1, -0.05) is 12.1 Å².